The third kappa shape index (κ3) is 6.71. The molecular weight excluding hydrogens is 352 g/mol. The Morgan fingerprint density at radius 2 is 1.81 bits per heavy atom. The number of carbonyl (C=O) groups excluding carboxylic acids is 1. The first kappa shape index (κ1) is 20.0. The fourth-order valence-electron chi connectivity index (χ4n) is 3.58. The molecule has 0 saturated carbocycles. The van der Waals surface area contributed by atoms with Crippen molar-refractivity contribution in [3.05, 3.63) is 71.3 Å². The first-order chi connectivity index (χ1) is 13.2. The molecule has 0 spiro atoms. The van der Waals surface area contributed by atoms with Crippen LogP contribution in [0, 0.1) is 12.8 Å². The minimum atomic E-state index is 0.179. The van der Waals surface area contributed by atoms with Crippen molar-refractivity contribution in [2.24, 2.45) is 5.92 Å². The summed E-state index contributed by atoms with van der Waals surface area (Å²) in [5.74, 6) is 2.39. The minimum absolute atomic E-state index is 0.179. The summed E-state index contributed by atoms with van der Waals surface area (Å²) in [6.45, 7) is 5.90. The normalized spacial score (nSPS) is 15.6. The van der Waals surface area contributed by atoms with Crippen molar-refractivity contribution in [3.8, 4) is 0 Å². The molecular formula is C23H30N2OS. The van der Waals surface area contributed by atoms with Gasteiger partial charge >= 0.3 is 0 Å². The first-order valence-corrected chi connectivity index (χ1v) is 11.0. The Bertz CT molecular complexity index is 711. The predicted molar refractivity (Wildman–Crippen MR) is 115 cm³/mol. The molecule has 0 aliphatic carbocycles. The van der Waals surface area contributed by atoms with Crippen LogP contribution in [0.4, 0.5) is 0 Å². The Balaban J connectivity index is 1.29. The Hall–Kier alpha value is -1.78. The number of likely N-dealkylation sites (tertiary alicyclic amines) is 1. The van der Waals surface area contributed by atoms with Gasteiger partial charge in [-0.25, -0.2) is 0 Å². The van der Waals surface area contributed by atoms with Crippen LogP contribution >= 0.6 is 11.8 Å². The van der Waals surface area contributed by atoms with E-state index in [4.69, 9.17) is 0 Å². The molecule has 1 N–H and O–H groups in total. The smallest absolute Gasteiger partial charge is 0.223 e. The molecule has 144 valence electrons. The second kappa shape index (κ2) is 10.5. The largest absolute Gasteiger partial charge is 0.355 e. The zero-order valence-electron chi connectivity index (χ0n) is 16.2. The van der Waals surface area contributed by atoms with Gasteiger partial charge in [-0.15, -0.1) is 0 Å². The van der Waals surface area contributed by atoms with Crippen LogP contribution in [0.1, 0.15) is 29.5 Å². The van der Waals surface area contributed by atoms with Crippen molar-refractivity contribution in [1.82, 2.24) is 10.2 Å². The molecule has 0 unspecified atom stereocenters. The van der Waals surface area contributed by atoms with E-state index in [1.807, 2.05) is 11.8 Å². The molecule has 2 aromatic rings. The topological polar surface area (TPSA) is 32.3 Å². The van der Waals surface area contributed by atoms with E-state index in [-0.39, 0.29) is 11.8 Å². The summed E-state index contributed by atoms with van der Waals surface area (Å²) in [6.07, 6.45) is 1.93. The summed E-state index contributed by atoms with van der Waals surface area (Å²) < 4.78 is 0. The van der Waals surface area contributed by atoms with Gasteiger partial charge in [0.05, 0.1) is 0 Å². The van der Waals surface area contributed by atoms with E-state index in [1.165, 1.54) is 16.7 Å². The molecule has 1 amide bonds. The summed E-state index contributed by atoms with van der Waals surface area (Å²) in [4.78, 5) is 14.9. The molecule has 0 radical (unpaired) electrons. The van der Waals surface area contributed by atoms with Gasteiger partial charge in [0, 0.05) is 30.5 Å². The lowest BCUT2D eigenvalue weighted by Gasteiger charge is -2.31. The highest BCUT2D eigenvalue weighted by Gasteiger charge is 2.24. The van der Waals surface area contributed by atoms with Gasteiger partial charge in [-0.3, -0.25) is 9.69 Å². The molecule has 0 aromatic heterocycles. The minimum Gasteiger partial charge on any atom is -0.355 e. The maximum atomic E-state index is 12.4. The van der Waals surface area contributed by atoms with E-state index in [1.54, 1.807) is 0 Å². The van der Waals surface area contributed by atoms with Crippen molar-refractivity contribution in [1.29, 1.82) is 0 Å². The highest BCUT2D eigenvalue weighted by molar-refractivity contribution is 7.98. The van der Waals surface area contributed by atoms with E-state index < -0.39 is 0 Å². The van der Waals surface area contributed by atoms with Crippen LogP contribution in [0.15, 0.2) is 54.6 Å². The highest BCUT2D eigenvalue weighted by Crippen LogP contribution is 2.19. The molecule has 0 bridgehead atoms. The average molecular weight is 383 g/mol. The first-order valence-electron chi connectivity index (χ1n) is 9.88. The maximum absolute atomic E-state index is 12.4. The zero-order valence-corrected chi connectivity index (χ0v) is 17.0. The molecule has 1 fully saturated rings. The number of rotatable bonds is 8. The van der Waals surface area contributed by atoms with E-state index in [0.717, 1.165) is 50.5 Å². The quantitative estimate of drug-likeness (QED) is 0.693. The molecule has 1 saturated heterocycles. The standard InChI is InChI=1S/C23H30N2OS/c1-19-6-5-9-21(16-19)18-27-15-12-24-23(26)22-10-13-25(14-11-22)17-20-7-3-2-4-8-20/h2-9,16,22H,10-15,17-18H2,1H3,(H,24,26). The van der Waals surface area contributed by atoms with Crippen molar-refractivity contribution < 1.29 is 4.79 Å². The lowest BCUT2D eigenvalue weighted by Crippen LogP contribution is -2.40. The summed E-state index contributed by atoms with van der Waals surface area (Å²) in [7, 11) is 0. The number of benzene rings is 2. The second-order valence-corrected chi connectivity index (χ2v) is 8.47. The fourth-order valence-corrected chi connectivity index (χ4v) is 4.38. The number of hydrogen-bond acceptors (Lipinski definition) is 3. The molecule has 1 heterocycles. The second-order valence-electron chi connectivity index (χ2n) is 7.37. The lowest BCUT2D eigenvalue weighted by atomic mass is 9.95. The van der Waals surface area contributed by atoms with Crippen LogP contribution in [-0.4, -0.2) is 36.2 Å². The fraction of sp³-hybridized carbons (Fsp3) is 0.435. The van der Waals surface area contributed by atoms with Gasteiger partial charge in [0.25, 0.3) is 0 Å². The van der Waals surface area contributed by atoms with Crippen LogP contribution in [0.5, 0.6) is 0 Å². The Morgan fingerprint density at radius 1 is 1.07 bits per heavy atom. The number of piperidine rings is 1. The molecule has 1 aliphatic rings. The van der Waals surface area contributed by atoms with Gasteiger partial charge < -0.3 is 5.32 Å². The van der Waals surface area contributed by atoms with Gasteiger partial charge in [0.1, 0.15) is 0 Å². The third-order valence-corrected chi connectivity index (χ3v) is 6.13. The Morgan fingerprint density at radius 3 is 2.56 bits per heavy atom. The highest BCUT2D eigenvalue weighted by atomic mass is 32.2. The third-order valence-electron chi connectivity index (χ3n) is 5.10. The summed E-state index contributed by atoms with van der Waals surface area (Å²) in [5.41, 5.74) is 4.02. The summed E-state index contributed by atoms with van der Waals surface area (Å²) in [5, 5.41) is 3.14. The van der Waals surface area contributed by atoms with Gasteiger partial charge in [-0.05, 0) is 44.0 Å². The van der Waals surface area contributed by atoms with Crippen molar-refractivity contribution in [2.75, 3.05) is 25.4 Å². The van der Waals surface area contributed by atoms with Gasteiger partial charge in [-0.1, -0.05) is 60.2 Å². The number of aryl methyl sites for hydroxylation is 1. The van der Waals surface area contributed by atoms with Gasteiger partial charge in [0.15, 0.2) is 0 Å². The number of nitrogens with zero attached hydrogens (tertiary/aromatic N) is 1. The van der Waals surface area contributed by atoms with E-state index in [9.17, 15) is 4.79 Å². The van der Waals surface area contributed by atoms with Crippen LogP contribution in [0.2, 0.25) is 0 Å². The van der Waals surface area contributed by atoms with Gasteiger partial charge in [0.2, 0.25) is 5.91 Å². The number of hydrogen-bond donors (Lipinski definition) is 1. The van der Waals surface area contributed by atoms with Crippen molar-refractivity contribution in [2.45, 2.75) is 32.1 Å². The van der Waals surface area contributed by atoms with Crippen molar-refractivity contribution >= 4 is 17.7 Å². The SMILES string of the molecule is Cc1cccc(CSCCNC(=O)C2CCN(Cc3ccccc3)CC2)c1. The number of thioether (sulfide) groups is 1. The van der Waals surface area contributed by atoms with Crippen molar-refractivity contribution in [3.63, 3.8) is 0 Å². The molecule has 3 rings (SSSR count). The lowest BCUT2D eigenvalue weighted by molar-refractivity contribution is -0.126. The molecule has 27 heavy (non-hydrogen) atoms. The van der Waals surface area contributed by atoms with Crippen LogP contribution < -0.4 is 5.32 Å². The maximum Gasteiger partial charge on any atom is 0.223 e. The number of amides is 1. The molecule has 4 heteroatoms. The Kier molecular flexibility index (Phi) is 7.79. The van der Waals surface area contributed by atoms with Crippen LogP contribution in [-0.2, 0) is 17.1 Å². The predicted octanol–water partition coefficient (Wildman–Crippen LogP) is 4.26. The van der Waals surface area contributed by atoms with Crippen LogP contribution in [0.25, 0.3) is 0 Å². The van der Waals surface area contributed by atoms with Gasteiger partial charge in [-0.2, -0.15) is 11.8 Å². The van der Waals surface area contributed by atoms with Crippen LogP contribution in [0.3, 0.4) is 0 Å². The van der Waals surface area contributed by atoms with E-state index in [0.29, 0.717) is 0 Å². The molecule has 0 atom stereocenters. The molecule has 2 aromatic carbocycles. The molecule has 3 nitrogen and oxygen atoms in total. The summed E-state index contributed by atoms with van der Waals surface area (Å²) >= 11 is 1.88. The Labute approximate surface area is 167 Å². The molecule has 1 aliphatic heterocycles. The summed E-state index contributed by atoms with van der Waals surface area (Å²) in [6, 6.07) is 19.2. The average Bonchev–Trinajstić information content (AvgIpc) is 2.69. The monoisotopic (exact) mass is 382 g/mol. The number of nitrogens with one attached hydrogen (secondary N) is 1. The van der Waals surface area contributed by atoms with E-state index in [2.05, 4.69) is 71.7 Å². The van der Waals surface area contributed by atoms with E-state index >= 15 is 0 Å². The zero-order chi connectivity index (χ0) is 18.9. The number of carbonyl (C=O) groups is 1.